The molecule has 1 fully saturated rings. The summed E-state index contributed by atoms with van der Waals surface area (Å²) in [6.45, 7) is 2.83. The second-order valence-corrected chi connectivity index (χ2v) is 6.29. The highest BCUT2D eigenvalue weighted by Crippen LogP contribution is 2.20. The van der Waals surface area contributed by atoms with Crippen LogP contribution in [0.4, 0.5) is 0 Å². The van der Waals surface area contributed by atoms with Gasteiger partial charge < -0.3 is 10.5 Å². The first kappa shape index (κ1) is 15.8. The molecule has 1 aliphatic heterocycles. The Kier molecular flexibility index (Phi) is 4.84. The van der Waals surface area contributed by atoms with Crippen molar-refractivity contribution in [2.45, 2.75) is 13.2 Å². The minimum absolute atomic E-state index is 0.00954. The minimum Gasteiger partial charge on any atom is -0.489 e. The fraction of sp³-hybridized carbons (Fsp3) is 0.278. The van der Waals surface area contributed by atoms with Gasteiger partial charge in [0.2, 0.25) is 5.91 Å². The topological polar surface area (TPSA) is 55.6 Å². The van der Waals surface area contributed by atoms with Crippen molar-refractivity contribution in [1.82, 2.24) is 4.90 Å². The highest BCUT2D eigenvalue weighted by atomic mass is 35.5. The van der Waals surface area contributed by atoms with E-state index in [2.05, 4.69) is 4.90 Å². The lowest BCUT2D eigenvalue weighted by atomic mass is 9.99. The Hall–Kier alpha value is -2.04. The lowest BCUT2D eigenvalue weighted by molar-refractivity contribution is -0.127. The molecule has 1 heterocycles. The van der Waals surface area contributed by atoms with E-state index < -0.39 is 0 Å². The Morgan fingerprint density at radius 2 is 1.91 bits per heavy atom. The predicted octanol–water partition coefficient (Wildman–Crippen LogP) is 2.84. The lowest BCUT2D eigenvalue weighted by Gasteiger charge is -2.37. The minimum atomic E-state index is -0.203. The summed E-state index contributed by atoms with van der Waals surface area (Å²) < 4.78 is 5.76. The van der Waals surface area contributed by atoms with Crippen molar-refractivity contribution in [2.24, 2.45) is 11.7 Å². The summed E-state index contributed by atoms with van der Waals surface area (Å²) in [6, 6.07) is 15.7. The van der Waals surface area contributed by atoms with Gasteiger partial charge in [-0.25, -0.2) is 0 Å². The number of nitrogens with two attached hydrogens (primary N) is 1. The van der Waals surface area contributed by atoms with E-state index in [0.29, 0.717) is 11.6 Å². The highest BCUT2D eigenvalue weighted by molar-refractivity contribution is 6.30. The molecule has 23 heavy (non-hydrogen) atoms. The average Bonchev–Trinajstić information content (AvgIpc) is 2.49. The van der Waals surface area contributed by atoms with Gasteiger partial charge in [-0.3, -0.25) is 9.69 Å². The van der Waals surface area contributed by atoms with Crippen LogP contribution in [0.1, 0.15) is 11.1 Å². The third kappa shape index (κ3) is 4.24. The van der Waals surface area contributed by atoms with E-state index in [0.717, 1.165) is 30.9 Å². The van der Waals surface area contributed by atoms with Gasteiger partial charge in [0, 0.05) is 24.7 Å². The molecule has 3 rings (SSSR count). The van der Waals surface area contributed by atoms with E-state index >= 15 is 0 Å². The number of likely N-dealkylation sites (tertiary alicyclic amines) is 1. The smallest absolute Gasteiger partial charge is 0.223 e. The molecule has 2 aromatic rings. The fourth-order valence-corrected chi connectivity index (χ4v) is 2.83. The van der Waals surface area contributed by atoms with Gasteiger partial charge in [0.15, 0.2) is 0 Å². The molecule has 1 saturated heterocycles. The van der Waals surface area contributed by atoms with E-state index in [-0.39, 0.29) is 11.8 Å². The third-order valence-electron chi connectivity index (χ3n) is 3.98. The summed E-state index contributed by atoms with van der Waals surface area (Å²) in [7, 11) is 0. The molecular formula is C18H19ClN2O2. The van der Waals surface area contributed by atoms with Crippen LogP contribution in [0.25, 0.3) is 0 Å². The monoisotopic (exact) mass is 330 g/mol. The van der Waals surface area contributed by atoms with Crippen LogP contribution < -0.4 is 10.5 Å². The molecule has 0 saturated carbocycles. The number of amides is 1. The molecule has 4 nitrogen and oxygen atoms in total. The summed E-state index contributed by atoms with van der Waals surface area (Å²) in [6.07, 6.45) is 0. The van der Waals surface area contributed by atoms with E-state index in [4.69, 9.17) is 22.1 Å². The third-order valence-corrected chi connectivity index (χ3v) is 4.22. The van der Waals surface area contributed by atoms with Gasteiger partial charge in [-0.15, -0.1) is 0 Å². The van der Waals surface area contributed by atoms with Crippen molar-refractivity contribution in [3.05, 3.63) is 64.7 Å². The van der Waals surface area contributed by atoms with Gasteiger partial charge >= 0.3 is 0 Å². The summed E-state index contributed by atoms with van der Waals surface area (Å²) >= 11 is 5.96. The second-order valence-electron chi connectivity index (χ2n) is 5.86. The number of ether oxygens (including phenoxy) is 1. The Morgan fingerprint density at radius 3 is 2.57 bits per heavy atom. The zero-order chi connectivity index (χ0) is 16.2. The van der Waals surface area contributed by atoms with Crippen LogP contribution >= 0.6 is 11.6 Å². The van der Waals surface area contributed by atoms with Crippen LogP contribution in [-0.2, 0) is 17.9 Å². The number of carbonyl (C=O) groups is 1. The molecule has 5 heteroatoms. The van der Waals surface area contributed by atoms with Gasteiger partial charge in [-0.05, 0) is 35.4 Å². The number of primary amides is 1. The quantitative estimate of drug-likeness (QED) is 0.886. The Labute approximate surface area is 140 Å². The van der Waals surface area contributed by atoms with Crippen LogP contribution in [0.15, 0.2) is 48.5 Å². The molecule has 2 aromatic carbocycles. The molecule has 1 amide bonds. The van der Waals surface area contributed by atoms with Gasteiger partial charge in [0.05, 0.1) is 5.92 Å². The summed E-state index contributed by atoms with van der Waals surface area (Å²) in [4.78, 5) is 13.2. The number of benzene rings is 2. The van der Waals surface area contributed by atoms with Crippen molar-refractivity contribution in [3.63, 3.8) is 0 Å². The zero-order valence-electron chi connectivity index (χ0n) is 12.7. The SMILES string of the molecule is NC(=O)C1CN(Cc2ccc(OCc3cccc(Cl)c3)cc2)C1. The molecule has 0 aliphatic carbocycles. The lowest BCUT2D eigenvalue weighted by Crippen LogP contribution is -2.51. The maximum absolute atomic E-state index is 11.0. The first-order chi connectivity index (χ1) is 11.1. The Morgan fingerprint density at radius 1 is 1.17 bits per heavy atom. The maximum atomic E-state index is 11.0. The number of nitrogens with zero attached hydrogens (tertiary/aromatic N) is 1. The first-order valence-electron chi connectivity index (χ1n) is 7.58. The predicted molar refractivity (Wildman–Crippen MR) is 90.2 cm³/mol. The molecule has 0 radical (unpaired) electrons. The summed E-state index contributed by atoms with van der Waals surface area (Å²) in [5, 5.41) is 0.713. The van der Waals surface area contributed by atoms with E-state index in [1.807, 2.05) is 48.5 Å². The second kappa shape index (κ2) is 7.02. The Bertz CT molecular complexity index is 682. The van der Waals surface area contributed by atoms with Gasteiger partial charge in [0.25, 0.3) is 0 Å². The number of carbonyl (C=O) groups excluding carboxylic acids is 1. The zero-order valence-corrected chi connectivity index (χ0v) is 13.5. The molecule has 1 aliphatic rings. The van der Waals surface area contributed by atoms with E-state index in [1.54, 1.807) is 0 Å². The number of hydrogen-bond acceptors (Lipinski definition) is 3. The molecule has 0 unspecified atom stereocenters. The van der Waals surface area contributed by atoms with Gasteiger partial charge in [-0.2, -0.15) is 0 Å². The van der Waals surface area contributed by atoms with Crippen LogP contribution in [0, 0.1) is 5.92 Å². The van der Waals surface area contributed by atoms with Crippen molar-refractivity contribution >= 4 is 17.5 Å². The molecule has 0 atom stereocenters. The van der Waals surface area contributed by atoms with Gasteiger partial charge in [-0.1, -0.05) is 35.9 Å². The van der Waals surface area contributed by atoms with Crippen molar-refractivity contribution in [2.75, 3.05) is 13.1 Å². The van der Waals surface area contributed by atoms with Gasteiger partial charge in [0.1, 0.15) is 12.4 Å². The molecule has 2 N–H and O–H groups in total. The van der Waals surface area contributed by atoms with Crippen LogP contribution in [0.3, 0.4) is 0 Å². The van der Waals surface area contributed by atoms with E-state index in [9.17, 15) is 4.79 Å². The first-order valence-corrected chi connectivity index (χ1v) is 7.96. The highest BCUT2D eigenvalue weighted by Gasteiger charge is 2.30. The van der Waals surface area contributed by atoms with E-state index in [1.165, 1.54) is 5.56 Å². The normalized spacial score (nSPS) is 15.2. The summed E-state index contributed by atoms with van der Waals surface area (Å²) in [5.74, 6) is 0.633. The summed E-state index contributed by atoms with van der Waals surface area (Å²) in [5.41, 5.74) is 7.51. The van der Waals surface area contributed by atoms with Crippen molar-refractivity contribution in [1.29, 1.82) is 0 Å². The molecule has 0 spiro atoms. The molecule has 120 valence electrons. The molecular weight excluding hydrogens is 312 g/mol. The standard InChI is InChI=1S/C18H19ClN2O2/c19-16-3-1-2-14(8-16)12-23-17-6-4-13(5-7-17)9-21-10-15(11-21)18(20)22/h1-8,15H,9-12H2,(H2,20,22). The van der Waals surface area contributed by atoms with Crippen LogP contribution in [0.2, 0.25) is 5.02 Å². The van der Waals surface area contributed by atoms with Crippen LogP contribution in [-0.4, -0.2) is 23.9 Å². The number of halogens is 1. The number of hydrogen-bond donors (Lipinski definition) is 1. The largest absolute Gasteiger partial charge is 0.489 e. The molecule has 0 aromatic heterocycles. The molecule has 0 bridgehead atoms. The average molecular weight is 331 g/mol. The maximum Gasteiger partial charge on any atom is 0.223 e. The Balaban J connectivity index is 1.48. The van der Waals surface area contributed by atoms with Crippen molar-refractivity contribution in [3.8, 4) is 5.75 Å². The number of rotatable bonds is 6. The van der Waals surface area contributed by atoms with Crippen molar-refractivity contribution < 1.29 is 9.53 Å². The van der Waals surface area contributed by atoms with Crippen LogP contribution in [0.5, 0.6) is 5.75 Å². The fourth-order valence-electron chi connectivity index (χ4n) is 2.62.